The highest BCUT2D eigenvalue weighted by Gasteiger charge is 2.12. The highest BCUT2D eigenvalue weighted by molar-refractivity contribution is 7.15. The van der Waals surface area contributed by atoms with Crippen molar-refractivity contribution in [3.8, 4) is 22.9 Å². The van der Waals surface area contributed by atoms with Crippen molar-refractivity contribution < 1.29 is 9.47 Å². The molecule has 31 heavy (non-hydrogen) atoms. The molecule has 0 bridgehead atoms. The Morgan fingerprint density at radius 2 is 1.61 bits per heavy atom. The Kier molecular flexibility index (Phi) is 6.62. The second kappa shape index (κ2) is 9.75. The molecule has 0 saturated heterocycles. The number of rotatable bonds is 9. The van der Waals surface area contributed by atoms with Crippen LogP contribution in [-0.4, -0.2) is 27.8 Å². The summed E-state index contributed by atoms with van der Waals surface area (Å²) >= 11 is 1.33. The minimum absolute atomic E-state index is 0.162. The van der Waals surface area contributed by atoms with Crippen LogP contribution in [0.15, 0.2) is 53.3 Å². The van der Waals surface area contributed by atoms with Gasteiger partial charge in [-0.2, -0.15) is 9.50 Å². The Morgan fingerprint density at radius 1 is 0.935 bits per heavy atom. The van der Waals surface area contributed by atoms with Crippen LogP contribution in [0.25, 0.3) is 22.4 Å². The van der Waals surface area contributed by atoms with Crippen LogP contribution in [-0.2, 0) is 0 Å². The van der Waals surface area contributed by atoms with Crippen molar-refractivity contribution >= 4 is 22.4 Å². The van der Waals surface area contributed by atoms with Gasteiger partial charge in [0, 0.05) is 5.56 Å². The zero-order valence-electron chi connectivity index (χ0n) is 17.7. The molecule has 0 atom stereocenters. The number of unbranched alkanes of at least 4 members (excludes halogenated alkanes) is 1. The van der Waals surface area contributed by atoms with Crippen LogP contribution in [0.5, 0.6) is 11.5 Å². The van der Waals surface area contributed by atoms with Gasteiger partial charge < -0.3 is 9.47 Å². The summed E-state index contributed by atoms with van der Waals surface area (Å²) in [5.74, 6) is 2.19. The van der Waals surface area contributed by atoms with E-state index in [2.05, 4.69) is 23.9 Å². The number of hydrogen-bond donors (Lipinski definition) is 0. The SMILES string of the molecule is CCCCOc1ccc(/C=c2\sc3nc(-c4ccc(OCCC)cc4)nn3c2=O)cc1. The van der Waals surface area contributed by atoms with Crippen molar-refractivity contribution in [3.05, 3.63) is 69.0 Å². The number of aromatic nitrogens is 3. The molecule has 0 N–H and O–H groups in total. The minimum atomic E-state index is -0.162. The van der Waals surface area contributed by atoms with Crippen LogP contribution in [0.4, 0.5) is 0 Å². The van der Waals surface area contributed by atoms with E-state index >= 15 is 0 Å². The van der Waals surface area contributed by atoms with E-state index in [1.54, 1.807) is 0 Å². The summed E-state index contributed by atoms with van der Waals surface area (Å²) in [5, 5.41) is 4.42. The van der Waals surface area contributed by atoms with Crippen molar-refractivity contribution in [2.75, 3.05) is 13.2 Å². The highest BCUT2D eigenvalue weighted by Crippen LogP contribution is 2.20. The van der Waals surface area contributed by atoms with Crippen LogP contribution >= 0.6 is 11.3 Å². The van der Waals surface area contributed by atoms with Gasteiger partial charge in [-0.3, -0.25) is 4.79 Å². The van der Waals surface area contributed by atoms with Gasteiger partial charge in [0.1, 0.15) is 11.5 Å². The first-order valence-corrected chi connectivity index (χ1v) is 11.4. The summed E-state index contributed by atoms with van der Waals surface area (Å²) in [6, 6.07) is 15.4. The van der Waals surface area contributed by atoms with Crippen LogP contribution in [0, 0.1) is 0 Å². The molecule has 0 spiro atoms. The monoisotopic (exact) mass is 435 g/mol. The fourth-order valence-electron chi connectivity index (χ4n) is 3.02. The van der Waals surface area contributed by atoms with E-state index in [9.17, 15) is 4.79 Å². The molecule has 0 aliphatic rings. The Labute approximate surface area is 184 Å². The minimum Gasteiger partial charge on any atom is -0.494 e. The van der Waals surface area contributed by atoms with Gasteiger partial charge in [0.05, 0.1) is 17.7 Å². The molecule has 0 aliphatic carbocycles. The Bertz CT molecular complexity index is 1240. The molecule has 6 nitrogen and oxygen atoms in total. The van der Waals surface area contributed by atoms with Crippen LogP contribution < -0.4 is 19.6 Å². The van der Waals surface area contributed by atoms with E-state index in [-0.39, 0.29) is 5.56 Å². The third-order valence-corrected chi connectivity index (χ3v) is 5.67. The first kappa shape index (κ1) is 21.1. The fraction of sp³-hybridized carbons (Fsp3) is 0.292. The van der Waals surface area contributed by atoms with Crippen molar-refractivity contribution in [2.24, 2.45) is 0 Å². The number of thiazole rings is 1. The Hall–Kier alpha value is -3.19. The van der Waals surface area contributed by atoms with E-state index in [0.29, 0.717) is 21.9 Å². The van der Waals surface area contributed by atoms with Gasteiger partial charge in [0.2, 0.25) is 4.96 Å². The zero-order chi connectivity index (χ0) is 21.6. The average Bonchev–Trinajstić information content (AvgIpc) is 3.33. The Morgan fingerprint density at radius 3 is 2.26 bits per heavy atom. The first-order chi connectivity index (χ1) is 15.2. The number of nitrogens with zero attached hydrogens (tertiary/aromatic N) is 3. The molecule has 2 heterocycles. The normalized spacial score (nSPS) is 11.9. The van der Waals surface area contributed by atoms with Crippen LogP contribution in [0.3, 0.4) is 0 Å². The molecule has 160 valence electrons. The fourth-order valence-corrected chi connectivity index (χ4v) is 3.93. The van der Waals surface area contributed by atoms with Crippen LogP contribution in [0.2, 0.25) is 0 Å². The quantitative estimate of drug-likeness (QED) is 0.366. The summed E-state index contributed by atoms with van der Waals surface area (Å²) in [6.07, 6.45) is 4.96. The van der Waals surface area contributed by atoms with Crippen molar-refractivity contribution in [1.29, 1.82) is 0 Å². The summed E-state index contributed by atoms with van der Waals surface area (Å²) in [5.41, 5.74) is 1.63. The van der Waals surface area contributed by atoms with Gasteiger partial charge in [-0.05, 0) is 60.9 Å². The summed E-state index contributed by atoms with van der Waals surface area (Å²) in [7, 11) is 0. The lowest BCUT2D eigenvalue weighted by molar-refractivity contribution is 0.309. The van der Waals surface area contributed by atoms with Gasteiger partial charge in [0.25, 0.3) is 5.56 Å². The Balaban J connectivity index is 1.54. The van der Waals surface area contributed by atoms with Crippen molar-refractivity contribution in [3.63, 3.8) is 0 Å². The van der Waals surface area contributed by atoms with E-state index in [1.165, 1.54) is 15.9 Å². The van der Waals surface area contributed by atoms with E-state index in [4.69, 9.17) is 9.47 Å². The maximum absolute atomic E-state index is 12.8. The summed E-state index contributed by atoms with van der Waals surface area (Å²) in [4.78, 5) is 17.9. The van der Waals surface area contributed by atoms with E-state index in [1.807, 2.05) is 54.6 Å². The molecular weight excluding hydrogens is 410 g/mol. The first-order valence-electron chi connectivity index (χ1n) is 10.6. The number of fused-ring (bicyclic) bond motifs is 1. The number of benzene rings is 2. The lowest BCUT2D eigenvalue weighted by atomic mass is 10.2. The molecule has 0 unspecified atom stereocenters. The maximum atomic E-state index is 12.8. The second-order valence-electron chi connectivity index (χ2n) is 7.19. The second-order valence-corrected chi connectivity index (χ2v) is 8.20. The molecule has 2 aromatic carbocycles. The zero-order valence-corrected chi connectivity index (χ0v) is 18.5. The number of ether oxygens (including phenoxy) is 2. The van der Waals surface area contributed by atoms with Crippen LogP contribution in [0.1, 0.15) is 38.7 Å². The highest BCUT2D eigenvalue weighted by atomic mass is 32.1. The third-order valence-electron chi connectivity index (χ3n) is 4.71. The molecule has 0 saturated carbocycles. The largest absolute Gasteiger partial charge is 0.494 e. The van der Waals surface area contributed by atoms with Gasteiger partial charge in [-0.15, -0.1) is 5.10 Å². The molecule has 4 rings (SSSR count). The summed E-state index contributed by atoms with van der Waals surface area (Å²) < 4.78 is 13.3. The lowest BCUT2D eigenvalue weighted by Gasteiger charge is -2.04. The molecule has 4 aromatic rings. The topological polar surface area (TPSA) is 65.7 Å². The van der Waals surface area contributed by atoms with E-state index < -0.39 is 0 Å². The van der Waals surface area contributed by atoms with E-state index in [0.717, 1.165) is 48.5 Å². The molecule has 0 amide bonds. The molecule has 2 aromatic heterocycles. The number of hydrogen-bond acceptors (Lipinski definition) is 6. The molecule has 0 aliphatic heterocycles. The van der Waals surface area contributed by atoms with Gasteiger partial charge in [-0.1, -0.05) is 43.7 Å². The predicted octanol–water partition coefficient (Wildman–Crippen LogP) is 4.33. The van der Waals surface area contributed by atoms with Crippen molar-refractivity contribution in [1.82, 2.24) is 14.6 Å². The van der Waals surface area contributed by atoms with Crippen molar-refractivity contribution in [2.45, 2.75) is 33.1 Å². The third kappa shape index (κ3) is 4.94. The maximum Gasteiger partial charge on any atom is 0.291 e. The average molecular weight is 436 g/mol. The molecule has 0 fully saturated rings. The van der Waals surface area contributed by atoms with Gasteiger partial charge >= 0.3 is 0 Å². The molecule has 0 radical (unpaired) electrons. The van der Waals surface area contributed by atoms with Gasteiger partial charge in [-0.25, -0.2) is 0 Å². The predicted molar refractivity (Wildman–Crippen MR) is 124 cm³/mol. The standard InChI is InChI=1S/C24H25N3O3S/c1-3-5-15-30-19-10-6-17(7-11-19)16-21-23(28)27-24(31-21)25-22(26-27)18-8-12-20(13-9-18)29-14-4-2/h6-13,16H,3-5,14-15H2,1-2H3/b21-16-. The molecule has 7 heteroatoms. The molecular formula is C24H25N3O3S. The lowest BCUT2D eigenvalue weighted by Crippen LogP contribution is -2.23. The smallest absolute Gasteiger partial charge is 0.291 e. The van der Waals surface area contributed by atoms with Gasteiger partial charge in [0.15, 0.2) is 5.82 Å². The summed E-state index contributed by atoms with van der Waals surface area (Å²) in [6.45, 7) is 5.61.